The second kappa shape index (κ2) is 4.82. The number of piperidine rings is 1. The Balaban J connectivity index is 2.00. The highest BCUT2D eigenvalue weighted by Gasteiger charge is 2.25. The van der Waals surface area contributed by atoms with Crippen LogP contribution in [-0.4, -0.2) is 43.7 Å². The monoisotopic (exact) mass is 295 g/mol. The van der Waals surface area contributed by atoms with Crippen LogP contribution < -0.4 is 5.73 Å². The van der Waals surface area contributed by atoms with Gasteiger partial charge in [-0.25, -0.2) is 9.78 Å². The zero-order valence-corrected chi connectivity index (χ0v) is 11.4. The molecule has 3 rings (SSSR count). The predicted octanol–water partition coefficient (Wildman–Crippen LogP) is 1.98. The quantitative estimate of drug-likeness (QED) is 0.784. The molecular weight excluding hydrogens is 282 g/mol. The summed E-state index contributed by atoms with van der Waals surface area (Å²) >= 11 is 5.85. The van der Waals surface area contributed by atoms with E-state index in [9.17, 15) is 4.79 Å². The minimum atomic E-state index is -0.890. The highest BCUT2D eigenvalue weighted by molar-refractivity contribution is 6.28. The lowest BCUT2D eigenvalue weighted by Gasteiger charge is -2.31. The molecule has 0 spiro atoms. The Hall–Kier alpha value is -2.02. The van der Waals surface area contributed by atoms with Crippen LogP contribution in [0.4, 0.5) is 10.6 Å². The van der Waals surface area contributed by atoms with Crippen molar-refractivity contribution in [2.24, 2.45) is 0 Å². The van der Waals surface area contributed by atoms with Gasteiger partial charge in [0.05, 0.1) is 11.4 Å². The van der Waals surface area contributed by atoms with E-state index < -0.39 is 6.09 Å². The Bertz CT molecular complexity index is 671. The fourth-order valence-corrected chi connectivity index (χ4v) is 2.85. The number of nitrogens with two attached hydrogens (primary N) is 1. The predicted molar refractivity (Wildman–Crippen MR) is 74.8 cm³/mol. The Morgan fingerprint density at radius 2 is 2.30 bits per heavy atom. The Morgan fingerprint density at radius 3 is 3.05 bits per heavy atom. The van der Waals surface area contributed by atoms with Gasteiger partial charge in [0.1, 0.15) is 11.5 Å². The maximum Gasteiger partial charge on any atom is 0.407 e. The van der Waals surface area contributed by atoms with E-state index >= 15 is 0 Å². The van der Waals surface area contributed by atoms with Gasteiger partial charge in [0.15, 0.2) is 0 Å². The Morgan fingerprint density at radius 1 is 1.50 bits per heavy atom. The molecule has 0 radical (unpaired) electrons. The zero-order valence-electron chi connectivity index (χ0n) is 10.7. The Labute approximate surface area is 120 Å². The topological polar surface area (TPSA) is 97.3 Å². The van der Waals surface area contributed by atoms with Crippen LogP contribution in [0.15, 0.2) is 12.3 Å². The summed E-state index contributed by atoms with van der Waals surface area (Å²) in [6.07, 6.45) is 2.69. The van der Waals surface area contributed by atoms with Crippen molar-refractivity contribution in [3.8, 4) is 0 Å². The van der Waals surface area contributed by atoms with Gasteiger partial charge in [0.2, 0.25) is 5.28 Å². The molecule has 3 heterocycles. The number of carbonyl (C=O) groups is 1. The number of anilines is 1. The van der Waals surface area contributed by atoms with E-state index in [0.717, 1.165) is 18.2 Å². The second-order valence-electron chi connectivity index (χ2n) is 4.86. The lowest BCUT2D eigenvalue weighted by atomic mass is 10.1. The molecule has 1 saturated heterocycles. The van der Waals surface area contributed by atoms with Crippen molar-refractivity contribution in [3.05, 3.63) is 17.5 Å². The minimum absolute atomic E-state index is 0.0442. The largest absolute Gasteiger partial charge is 0.465 e. The van der Waals surface area contributed by atoms with Crippen molar-refractivity contribution in [2.75, 3.05) is 18.8 Å². The van der Waals surface area contributed by atoms with Crippen molar-refractivity contribution >= 4 is 34.5 Å². The fraction of sp³-hybridized carbons (Fsp3) is 0.417. The number of likely N-dealkylation sites (tertiary alicyclic amines) is 1. The van der Waals surface area contributed by atoms with Gasteiger partial charge in [-0.15, -0.1) is 0 Å². The second-order valence-corrected chi connectivity index (χ2v) is 5.20. The van der Waals surface area contributed by atoms with Gasteiger partial charge in [-0.2, -0.15) is 4.98 Å². The molecule has 1 fully saturated rings. The number of carboxylic acid groups (broad SMARTS) is 1. The molecule has 0 aromatic carbocycles. The van der Waals surface area contributed by atoms with Crippen LogP contribution in [0.5, 0.6) is 0 Å². The maximum atomic E-state index is 11.1. The third kappa shape index (κ3) is 2.14. The highest BCUT2D eigenvalue weighted by atomic mass is 35.5. The average molecular weight is 296 g/mol. The van der Waals surface area contributed by atoms with Crippen LogP contribution in [0.1, 0.15) is 18.9 Å². The van der Waals surface area contributed by atoms with Crippen LogP contribution in [0, 0.1) is 0 Å². The van der Waals surface area contributed by atoms with Crippen LogP contribution in [0.25, 0.3) is 11.0 Å². The van der Waals surface area contributed by atoms with E-state index in [1.54, 1.807) is 0 Å². The molecular formula is C12H14ClN5O2. The number of fused-ring (bicyclic) bond motifs is 1. The normalized spacial score (nSPS) is 19.4. The third-order valence-corrected chi connectivity index (χ3v) is 3.80. The maximum absolute atomic E-state index is 11.1. The molecule has 0 saturated carbocycles. The van der Waals surface area contributed by atoms with E-state index in [1.165, 1.54) is 4.90 Å². The van der Waals surface area contributed by atoms with Gasteiger partial charge in [0, 0.05) is 19.3 Å². The van der Waals surface area contributed by atoms with Gasteiger partial charge in [-0.1, -0.05) is 0 Å². The summed E-state index contributed by atoms with van der Waals surface area (Å²) < 4.78 is 1.94. The first-order chi connectivity index (χ1) is 9.56. The van der Waals surface area contributed by atoms with Crippen LogP contribution in [0.3, 0.4) is 0 Å². The first-order valence-corrected chi connectivity index (χ1v) is 6.71. The van der Waals surface area contributed by atoms with Crippen molar-refractivity contribution in [2.45, 2.75) is 18.9 Å². The van der Waals surface area contributed by atoms with Gasteiger partial charge < -0.3 is 20.3 Å². The zero-order chi connectivity index (χ0) is 14.3. The molecule has 8 heteroatoms. The van der Waals surface area contributed by atoms with Crippen molar-refractivity contribution in [1.82, 2.24) is 19.4 Å². The molecule has 2 aromatic heterocycles. The molecule has 1 amide bonds. The number of nitrogen functional groups attached to an aromatic ring is 1. The summed E-state index contributed by atoms with van der Waals surface area (Å²) in [6, 6.07) is 1.88. The first-order valence-electron chi connectivity index (χ1n) is 6.33. The number of hydrogen-bond acceptors (Lipinski definition) is 4. The van der Waals surface area contributed by atoms with Gasteiger partial charge in [0.25, 0.3) is 0 Å². The van der Waals surface area contributed by atoms with Crippen LogP contribution in [0.2, 0.25) is 5.28 Å². The molecule has 1 aliphatic rings. The number of aromatic nitrogens is 3. The molecule has 0 aliphatic carbocycles. The smallest absolute Gasteiger partial charge is 0.407 e. The fourth-order valence-electron chi connectivity index (χ4n) is 2.68. The van der Waals surface area contributed by atoms with Crippen LogP contribution >= 0.6 is 11.6 Å². The van der Waals surface area contributed by atoms with Gasteiger partial charge in [-0.05, 0) is 30.5 Å². The third-order valence-electron chi connectivity index (χ3n) is 3.63. The number of halogens is 1. The summed E-state index contributed by atoms with van der Waals surface area (Å²) in [6.45, 7) is 1.02. The lowest BCUT2D eigenvalue weighted by Crippen LogP contribution is -2.39. The van der Waals surface area contributed by atoms with Crippen molar-refractivity contribution < 1.29 is 9.90 Å². The van der Waals surface area contributed by atoms with E-state index in [1.807, 2.05) is 16.8 Å². The SMILES string of the molecule is Nc1nc(Cl)nc2c1ccn2[C@@H]1CCCN(C(=O)O)C1. The summed E-state index contributed by atoms with van der Waals surface area (Å²) in [7, 11) is 0. The summed E-state index contributed by atoms with van der Waals surface area (Å²) in [4.78, 5) is 20.6. The van der Waals surface area contributed by atoms with E-state index in [4.69, 9.17) is 22.4 Å². The molecule has 1 aliphatic heterocycles. The summed E-state index contributed by atoms with van der Waals surface area (Å²) in [5.74, 6) is 0.338. The average Bonchev–Trinajstić information content (AvgIpc) is 2.82. The van der Waals surface area contributed by atoms with Gasteiger partial charge in [-0.3, -0.25) is 0 Å². The molecule has 0 unspecified atom stereocenters. The summed E-state index contributed by atoms with van der Waals surface area (Å²) in [5, 5.41) is 9.94. The molecule has 2 aromatic rings. The van der Waals surface area contributed by atoms with Gasteiger partial charge >= 0.3 is 6.09 Å². The lowest BCUT2D eigenvalue weighted by molar-refractivity contribution is 0.122. The van der Waals surface area contributed by atoms with Crippen LogP contribution in [-0.2, 0) is 0 Å². The van der Waals surface area contributed by atoms with Crippen molar-refractivity contribution in [3.63, 3.8) is 0 Å². The number of rotatable bonds is 1. The molecule has 106 valence electrons. The number of hydrogen-bond donors (Lipinski definition) is 2. The van der Waals surface area contributed by atoms with E-state index in [-0.39, 0.29) is 11.3 Å². The molecule has 3 N–H and O–H groups in total. The van der Waals surface area contributed by atoms with E-state index in [2.05, 4.69) is 9.97 Å². The standard InChI is InChI=1S/C12H14ClN5O2/c13-11-15-9(14)8-3-5-18(10(8)16-11)7-2-1-4-17(6-7)12(19)20/h3,5,7H,1-2,4,6H2,(H,19,20)(H2,14,15,16)/t7-/m1/s1. The van der Waals surface area contributed by atoms with Crippen molar-refractivity contribution in [1.29, 1.82) is 0 Å². The highest BCUT2D eigenvalue weighted by Crippen LogP contribution is 2.28. The molecule has 20 heavy (non-hydrogen) atoms. The summed E-state index contributed by atoms with van der Waals surface area (Å²) in [5.41, 5.74) is 6.47. The van der Waals surface area contributed by atoms with E-state index in [0.29, 0.717) is 24.6 Å². The first kappa shape index (κ1) is 13.0. The number of nitrogens with zero attached hydrogens (tertiary/aromatic N) is 4. The number of amides is 1. The minimum Gasteiger partial charge on any atom is -0.465 e. The molecule has 7 nitrogen and oxygen atoms in total. The Kier molecular flexibility index (Phi) is 3.13. The molecule has 0 bridgehead atoms. The molecule has 1 atom stereocenters.